The third-order valence-electron chi connectivity index (χ3n) is 4.21. The first-order valence-electron chi connectivity index (χ1n) is 8.36. The summed E-state index contributed by atoms with van der Waals surface area (Å²) in [6, 6.07) is 7.37. The van der Waals surface area contributed by atoms with Crippen LogP contribution in [0.4, 0.5) is 0 Å². The number of rotatable bonds is 5. The average molecular weight is 465 g/mol. The minimum absolute atomic E-state index is 0.230. The maximum atomic E-state index is 12.7. The van der Waals surface area contributed by atoms with Crippen molar-refractivity contribution in [3.05, 3.63) is 61.8 Å². The smallest absolute Gasteiger partial charge is 0.260 e. The maximum absolute atomic E-state index is 12.7. The molecule has 0 saturated carbocycles. The third-order valence-corrected chi connectivity index (χ3v) is 6.55. The molecule has 0 aliphatic heterocycles. The minimum Gasteiger partial charge on any atom is -0.493 e. The Morgan fingerprint density at radius 1 is 1.24 bits per heavy atom. The fourth-order valence-electron chi connectivity index (χ4n) is 2.91. The average Bonchev–Trinajstić information content (AvgIpc) is 3.37. The Kier molecular flexibility index (Phi) is 5.65. The van der Waals surface area contributed by atoms with Crippen LogP contribution in [0.1, 0.15) is 11.4 Å². The summed E-state index contributed by atoms with van der Waals surface area (Å²) in [5, 5.41) is 5.15. The van der Waals surface area contributed by atoms with Crippen molar-refractivity contribution in [2.45, 2.75) is 0 Å². The SMILES string of the molecule is COc1cc(/C=C(\Cl)c2nc3scc(-c4cccs4)c3c(=O)[nH]2)cc(Cl)c1OC. The number of ether oxygens (including phenoxy) is 2. The molecule has 0 unspecified atom stereocenters. The lowest BCUT2D eigenvalue weighted by atomic mass is 10.1. The standard InChI is InChI=1S/C20H14Cl2N2O3S2/c1-26-14-8-10(6-12(21)17(14)27-2)7-13(22)18-23-19(25)16-11(9-29-20(16)24-18)15-4-3-5-28-15/h3-9H,1-2H3,(H,23,24,25)/b13-7-. The minimum atomic E-state index is -0.230. The fraction of sp³-hybridized carbons (Fsp3) is 0.100. The zero-order valence-electron chi connectivity index (χ0n) is 15.3. The molecule has 4 rings (SSSR count). The number of fused-ring (bicyclic) bond motifs is 1. The van der Waals surface area contributed by atoms with Gasteiger partial charge in [-0.25, -0.2) is 4.98 Å². The van der Waals surface area contributed by atoms with Crippen molar-refractivity contribution in [3.8, 4) is 21.9 Å². The van der Waals surface area contributed by atoms with Crippen LogP contribution in [0.5, 0.6) is 11.5 Å². The lowest BCUT2D eigenvalue weighted by Crippen LogP contribution is -2.10. The van der Waals surface area contributed by atoms with Crippen molar-refractivity contribution in [2.75, 3.05) is 14.2 Å². The molecule has 9 heteroatoms. The van der Waals surface area contributed by atoms with E-state index in [1.165, 1.54) is 25.6 Å². The second kappa shape index (κ2) is 8.20. The van der Waals surface area contributed by atoms with Crippen molar-refractivity contribution in [1.82, 2.24) is 9.97 Å². The number of halogens is 2. The van der Waals surface area contributed by atoms with E-state index in [0.29, 0.717) is 32.3 Å². The molecule has 5 nitrogen and oxygen atoms in total. The molecule has 0 amide bonds. The van der Waals surface area contributed by atoms with Gasteiger partial charge in [0.2, 0.25) is 0 Å². The number of thiophene rings is 2. The Balaban J connectivity index is 1.77. The number of methoxy groups -OCH3 is 2. The van der Waals surface area contributed by atoms with E-state index in [9.17, 15) is 4.79 Å². The molecule has 3 aromatic heterocycles. The van der Waals surface area contributed by atoms with Gasteiger partial charge < -0.3 is 14.5 Å². The molecule has 4 aromatic rings. The van der Waals surface area contributed by atoms with Gasteiger partial charge >= 0.3 is 0 Å². The van der Waals surface area contributed by atoms with Gasteiger partial charge in [0.15, 0.2) is 17.3 Å². The van der Waals surface area contributed by atoms with E-state index in [2.05, 4.69) is 9.97 Å². The summed E-state index contributed by atoms with van der Waals surface area (Å²) in [5.74, 6) is 1.20. The van der Waals surface area contributed by atoms with Crippen LogP contribution < -0.4 is 15.0 Å². The molecule has 3 heterocycles. The topological polar surface area (TPSA) is 64.2 Å². The molecule has 0 fully saturated rings. The van der Waals surface area contributed by atoms with Crippen molar-refractivity contribution in [1.29, 1.82) is 0 Å². The van der Waals surface area contributed by atoms with E-state index >= 15 is 0 Å². The van der Waals surface area contributed by atoms with Gasteiger partial charge in [-0.15, -0.1) is 22.7 Å². The first-order chi connectivity index (χ1) is 14.0. The van der Waals surface area contributed by atoms with Gasteiger partial charge in [0.25, 0.3) is 5.56 Å². The first-order valence-corrected chi connectivity index (χ1v) is 10.9. The third kappa shape index (κ3) is 3.79. The molecule has 0 atom stereocenters. The van der Waals surface area contributed by atoms with Gasteiger partial charge in [-0.05, 0) is 35.2 Å². The van der Waals surface area contributed by atoms with Gasteiger partial charge in [0.1, 0.15) is 4.83 Å². The summed E-state index contributed by atoms with van der Waals surface area (Å²) < 4.78 is 10.5. The number of H-pyrrole nitrogens is 1. The van der Waals surface area contributed by atoms with Gasteiger partial charge in [-0.2, -0.15) is 0 Å². The van der Waals surface area contributed by atoms with Gasteiger partial charge in [-0.1, -0.05) is 29.3 Å². The predicted octanol–water partition coefficient (Wildman–Crippen LogP) is 6.12. The van der Waals surface area contributed by atoms with Crippen LogP contribution >= 0.6 is 45.9 Å². The number of hydrogen-bond donors (Lipinski definition) is 1. The number of benzene rings is 1. The summed E-state index contributed by atoms with van der Waals surface area (Å²) in [4.78, 5) is 21.7. The van der Waals surface area contributed by atoms with Crippen LogP contribution in [0, 0.1) is 0 Å². The predicted molar refractivity (Wildman–Crippen MR) is 122 cm³/mol. The van der Waals surface area contributed by atoms with Gasteiger partial charge in [-0.3, -0.25) is 4.79 Å². The Morgan fingerprint density at radius 2 is 2.07 bits per heavy atom. The molecule has 1 aromatic carbocycles. The first kappa shape index (κ1) is 20.0. The lowest BCUT2D eigenvalue weighted by Gasteiger charge is -2.10. The molecular weight excluding hydrogens is 451 g/mol. The van der Waals surface area contributed by atoms with Crippen molar-refractivity contribution in [2.24, 2.45) is 0 Å². The molecule has 0 saturated heterocycles. The van der Waals surface area contributed by atoms with Crippen molar-refractivity contribution < 1.29 is 9.47 Å². The van der Waals surface area contributed by atoms with Crippen LogP contribution in [-0.2, 0) is 0 Å². The molecule has 0 spiro atoms. The van der Waals surface area contributed by atoms with Crippen molar-refractivity contribution in [3.63, 3.8) is 0 Å². The monoisotopic (exact) mass is 464 g/mol. The molecule has 0 radical (unpaired) electrons. The Bertz CT molecular complexity index is 1280. The number of nitrogens with one attached hydrogen (secondary N) is 1. The summed E-state index contributed by atoms with van der Waals surface area (Å²) in [7, 11) is 3.04. The quantitative estimate of drug-likeness (QED) is 0.386. The summed E-state index contributed by atoms with van der Waals surface area (Å²) >= 11 is 15.7. The largest absolute Gasteiger partial charge is 0.493 e. The zero-order chi connectivity index (χ0) is 20.5. The molecule has 0 bridgehead atoms. The van der Waals surface area contributed by atoms with Gasteiger partial charge in [0, 0.05) is 15.8 Å². The van der Waals surface area contributed by atoms with E-state index < -0.39 is 0 Å². The lowest BCUT2D eigenvalue weighted by molar-refractivity contribution is 0.355. The highest BCUT2D eigenvalue weighted by Crippen LogP contribution is 2.38. The second-order valence-electron chi connectivity index (χ2n) is 5.95. The number of nitrogens with zero attached hydrogens (tertiary/aromatic N) is 1. The Hall–Kier alpha value is -2.32. The number of hydrogen-bond acceptors (Lipinski definition) is 6. The summed E-state index contributed by atoms with van der Waals surface area (Å²) in [5.41, 5.74) is 1.34. The van der Waals surface area contributed by atoms with E-state index in [0.717, 1.165) is 10.4 Å². The van der Waals surface area contributed by atoms with Crippen LogP contribution in [0.2, 0.25) is 5.02 Å². The van der Waals surface area contributed by atoms with Gasteiger partial charge in [0.05, 0.1) is 29.7 Å². The molecule has 29 heavy (non-hydrogen) atoms. The highest BCUT2D eigenvalue weighted by molar-refractivity contribution is 7.18. The molecule has 148 valence electrons. The van der Waals surface area contributed by atoms with E-state index in [4.69, 9.17) is 32.7 Å². The Morgan fingerprint density at radius 3 is 2.76 bits per heavy atom. The van der Waals surface area contributed by atoms with E-state index in [-0.39, 0.29) is 16.4 Å². The maximum Gasteiger partial charge on any atom is 0.260 e. The summed E-state index contributed by atoms with van der Waals surface area (Å²) in [6.07, 6.45) is 1.66. The van der Waals surface area contributed by atoms with E-state index in [1.807, 2.05) is 22.9 Å². The second-order valence-corrected chi connectivity index (χ2v) is 8.57. The highest BCUT2D eigenvalue weighted by atomic mass is 35.5. The van der Waals surface area contributed by atoms with Crippen molar-refractivity contribution >= 4 is 67.2 Å². The summed E-state index contributed by atoms with van der Waals surface area (Å²) in [6.45, 7) is 0. The van der Waals surface area contributed by atoms with E-state index in [1.54, 1.807) is 29.5 Å². The number of aromatic amines is 1. The van der Waals surface area contributed by atoms with Crippen LogP contribution in [-0.4, -0.2) is 24.2 Å². The zero-order valence-corrected chi connectivity index (χ0v) is 18.4. The fourth-order valence-corrected chi connectivity index (χ4v) is 5.19. The van der Waals surface area contributed by atoms with Crippen LogP contribution in [0.3, 0.4) is 0 Å². The molecule has 0 aliphatic carbocycles. The molecule has 0 aliphatic rings. The Labute approximate surface area is 184 Å². The molecule has 1 N–H and O–H groups in total. The normalized spacial score (nSPS) is 11.8. The number of aromatic nitrogens is 2. The molecular formula is C20H14Cl2N2O3S2. The van der Waals surface area contributed by atoms with Crippen LogP contribution in [0.25, 0.3) is 31.8 Å². The highest BCUT2D eigenvalue weighted by Gasteiger charge is 2.15. The van der Waals surface area contributed by atoms with Crippen LogP contribution in [0.15, 0.2) is 39.8 Å².